The molecule has 0 aliphatic carbocycles. The van der Waals surface area contributed by atoms with Gasteiger partial charge in [-0.05, 0) is 43.2 Å². The van der Waals surface area contributed by atoms with Crippen LogP contribution in [-0.4, -0.2) is 61.2 Å². The number of rotatable bonds is 6. The van der Waals surface area contributed by atoms with E-state index in [0.717, 1.165) is 25.1 Å². The van der Waals surface area contributed by atoms with Gasteiger partial charge in [-0.1, -0.05) is 23.2 Å². The molecule has 1 unspecified atom stereocenters. The normalized spacial score (nSPS) is 18.6. The Balaban J connectivity index is 1.42. The maximum absolute atomic E-state index is 12.8. The Bertz CT molecular complexity index is 1010. The number of hydrogen-bond acceptors (Lipinski definition) is 6. The molecule has 2 heterocycles. The lowest BCUT2D eigenvalue weighted by Crippen LogP contribution is -2.48. The van der Waals surface area contributed by atoms with Gasteiger partial charge in [0.25, 0.3) is 11.6 Å². The van der Waals surface area contributed by atoms with Crippen molar-refractivity contribution in [1.29, 1.82) is 0 Å². The van der Waals surface area contributed by atoms with Gasteiger partial charge in [0, 0.05) is 56.6 Å². The van der Waals surface area contributed by atoms with Crippen LogP contribution in [0, 0.1) is 10.1 Å². The summed E-state index contributed by atoms with van der Waals surface area (Å²) in [5, 5.41) is 15.4. The van der Waals surface area contributed by atoms with Crippen LogP contribution in [0.4, 0.5) is 17.1 Å². The Hall–Kier alpha value is -2.55. The first-order valence-electron chi connectivity index (χ1n) is 10.6. The largest absolute Gasteiger partial charge is 0.377 e. The molecule has 170 valence electrons. The van der Waals surface area contributed by atoms with Gasteiger partial charge in [0.15, 0.2) is 0 Å². The first-order valence-corrected chi connectivity index (χ1v) is 11.3. The highest BCUT2D eigenvalue weighted by atomic mass is 35.5. The summed E-state index contributed by atoms with van der Waals surface area (Å²) in [5.41, 5.74) is 1.91. The number of amides is 1. The fraction of sp³-hybridized carbons (Fsp3) is 0.409. The number of carbonyl (C=O) groups is 1. The molecule has 1 atom stereocenters. The topological polar surface area (TPSA) is 88.0 Å². The van der Waals surface area contributed by atoms with Gasteiger partial charge in [0.05, 0.1) is 21.1 Å². The number of halogens is 2. The third kappa shape index (κ3) is 5.09. The lowest BCUT2D eigenvalue weighted by Gasteiger charge is -2.36. The predicted octanol–water partition coefficient (Wildman–Crippen LogP) is 4.45. The minimum atomic E-state index is -0.379. The Morgan fingerprint density at radius 3 is 2.56 bits per heavy atom. The highest BCUT2D eigenvalue weighted by Crippen LogP contribution is 2.31. The highest BCUT2D eigenvalue weighted by Gasteiger charge is 2.25. The van der Waals surface area contributed by atoms with Gasteiger partial charge in [-0.3, -0.25) is 14.9 Å². The van der Waals surface area contributed by atoms with E-state index < -0.39 is 0 Å². The van der Waals surface area contributed by atoms with Crippen molar-refractivity contribution in [2.24, 2.45) is 0 Å². The summed E-state index contributed by atoms with van der Waals surface area (Å²) in [4.78, 5) is 27.8. The van der Waals surface area contributed by atoms with Crippen molar-refractivity contribution in [2.45, 2.75) is 18.9 Å². The number of nitro benzene ring substituents is 1. The Morgan fingerprint density at radius 1 is 1.12 bits per heavy atom. The monoisotopic (exact) mass is 478 g/mol. The zero-order valence-corrected chi connectivity index (χ0v) is 18.9. The van der Waals surface area contributed by atoms with E-state index in [4.69, 9.17) is 27.9 Å². The van der Waals surface area contributed by atoms with Crippen LogP contribution < -0.4 is 10.2 Å². The zero-order chi connectivity index (χ0) is 22.7. The molecule has 1 N–H and O–H groups in total. The number of nitrogens with zero attached hydrogens (tertiary/aromatic N) is 3. The van der Waals surface area contributed by atoms with Crippen LogP contribution in [-0.2, 0) is 4.74 Å². The molecule has 2 aliphatic rings. The van der Waals surface area contributed by atoms with E-state index in [2.05, 4.69) is 10.2 Å². The number of nitrogens with one attached hydrogen (secondary N) is 1. The summed E-state index contributed by atoms with van der Waals surface area (Å²) >= 11 is 12.0. The van der Waals surface area contributed by atoms with Crippen LogP contribution in [0.25, 0.3) is 0 Å². The molecule has 0 saturated carbocycles. The minimum absolute atomic E-state index is 0.0418. The van der Waals surface area contributed by atoms with Gasteiger partial charge >= 0.3 is 0 Å². The number of piperazine rings is 1. The molecule has 0 aromatic heterocycles. The van der Waals surface area contributed by atoms with E-state index in [1.54, 1.807) is 29.2 Å². The van der Waals surface area contributed by atoms with Crippen molar-refractivity contribution in [1.82, 2.24) is 4.90 Å². The maximum atomic E-state index is 12.8. The second kappa shape index (κ2) is 9.94. The third-order valence-electron chi connectivity index (χ3n) is 5.82. The Labute approximate surface area is 196 Å². The van der Waals surface area contributed by atoms with Crippen LogP contribution in [0.15, 0.2) is 36.4 Å². The fourth-order valence-electron chi connectivity index (χ4n) is 4.03. The van der Waals surface area contributed by atoms with Gasteiger partial charge < -0.3 is 19.9 Å². The van der Waals surface area contributed by atoms with E-state index in [0.29, 0.717) is 54.0 Å². The lowest BCUT2D eigenvalue weighted by molar-refractivity contribution is -0.383. The van der Waals surface area contributed by atoms with Crippen LogP contribution >= 0.6 is 23.2 Å². The summed E-state index contributed by atoms with van der Waals surface area (Å²) in [6, 6.07) is 9.97. The first kappa shape index (κ1) is 22.6. The van der Waals surface area contributed by atoms with Crippen molar-refractivity contribution in [3.05, 3.63) is 62.1 Å². The summed E-state index contributed by atoms with van der Waals surface area (Å²) in [6.07, 6.45) is 2.05. The maximum Gasteiger partial charge on any atom is 0.292 e. The Kier molecular flexibility index (Phi) is 7.03. The minimum Gasteiger partial charge on any atom is -0.377 e. The predicted molar refractivity (Wildman–Crippen MR) is 125 cm³/mol. The lowest BCUT2D eigenvalue weighted by atomic mass is 10.1. The summed E-state index contributed by atoms with van der Waals surface area (Å²) < 4.78 is 5.61. The second-order valence-electron chi connectivity index (χ2n) is 7.88. The average molecular weight is 479 g/mol. The van der Waals surface area contributed by atoms with Gasteiger partial charge in [0.1, 0.15) is 5.69 Å². The van der Waals surface area contributed by atoms with Crippen molar-refractivity contribution in [3.63, 3.8) is 0 Å². The summed E-state index contributed by atoms with van der Waals surface area (Å²) in [5.74, 6) is -0.0918. The van der Waals surface area contributed by atoms with Crippen molar-refractivity contribution >= 4 is 46.2 Å². The number of hydrogen-bond donors (Lipinski definition) is 1. The molecule has 2 aliphatic heterocycles. The molecular formula is C22H24Cl2N4O4. The van der Waals surface area contributed by atoms with Gasteiger partial charge in [-0.2, -0.15) is 0 Å². The van der Waals surface area contributed by atoms with Crippen molar-refractivity contribution < 1.29 is 14.5 Å². The van der Waals surface area contributed by atoms with Crippen LogP contribution in [0.2, 0.25) is 10.0 Å². The molecule has 2 aromatic carbocycles. The van der Waals surface area contributed by atoms with Gasteiger partial charge in [-0.25, -0.2) is 0 Å². The van der Waals surface area contributed by atoms with Gasteiger partial charge in [0.2, 0.25) is 0 Å². The number of anilines is 2. The van der Waals surface area contributed by atoms with E-state index in [1.165, 1.54) is 6.07 Å². The van der Waals surface area contributed by atoms with Crippen molar-refractivity contribution in [2.75, 3.05) is 49.5 Å². The fourth-order valence-corrected chi connectivity index (χ4v) is 4.33. The molecule has 10 heteroatoms. The van der Waals surface area contributed by atoms with E-state index >= 15 is 0 Å². The highest BCUT2D eigenvalue weighted by molar-refractivity contribution is 6.42. The SMILES string of the molecule is O=C(c1ccc(Cl)c(Cl)c1)N1CCN(c2ccc([N+](=O)[O-])c(NCC3CCCO3)c2)CC1. The molecular weight excluding hydrogens is 455 g/mol. The molecule has 2 fully saturated rings. The number of benzene rings is 2. The van der Waals surface area contributed by atoms with Crippen LogP contribution in [0.1, 0.15) is 23.2 Å². The number of ether oxygens (including phenoxy) is 1. The van der Waals surface area contributed by atoms with E-state index in [1.807, 2.05) is 6.07 Å². The molecule has 0 spiro atoms. The first-order chi connectivity index (χ1) is 15.4. The zero-order valence-electron chi connectivity index (χ0n) is 17.4. The molecule has 2 aromatic rings. The van der Waals surface area contributed by atoms with Gasteiger partial charge in [-0.15, -0.1) is 0 Å². The molecule has 2 saturated heterocycles. The molecule has 4 rings (SSSR count). The quantitative estimate of drug-likeness (QED) is 0.487. The van der Waals surface area contributed by atoms with E-state index in [9.17, 15) is 14.9 Å². The molecule has 8 nitrogen and oxygen atoms in total. The summed E-state index contributed by atoms with van der Waals surface area (Å²) in [7, 11) is 0. The molecule has 0 radical (unpaired) electrons. The standard InChI is InChI=1S/C22H24Cl2N4O4/c23-18-5-3-15(12-19(18)24)22(29)27-9-7-26(8-10-27)16-4-6-21(28(30)31)20(13-16)25-14-17-2-1-11-32-17/h3-6,12-13,17,25H,1-2,7-11,14H2. The average Bonchev–Trinajstić information content (AvgIpc) is 3.32. The third-order valence-corrected chi connectivity index (χ3v) is 6.56. The smallest absolute Gasteiger partial charge is 0.292 e. The molecule has 0 bridgehead atoms. The van der Waals surface area contributed by atoms with Crippen LogP contribution in [0.5, 0.6) is 0 Å². The van der Waals surface area contributed by atoms with Crippen LogP contribution in [0.3, 0.4) is 0 Å². The number of carbonyl (C=O) groups excluding carboxylic acids is 1. The number of nitro groups is 1. The molecule has 32 heavy (non-hydrogen) atoms. The Morgan fingerprint density at radius 2 is 1.91 bits per heavy atom. The van der Waals surface area contributed by atoms with Crippen molar-refractivity contribution in [3.8, 4) is 0 Å². The molecule has 1 amide bonds. The second-order valence-corrected chi connectivity index (χ2v) is 8.70. The van der Waals surface area contributed by atoms with E-state index in [-0.39, 0.29) is 22.6 Å². The summed E-state index contributed by atoms with van der Waals surface area (Å²) in [6.45, 7) is 3.59.